The summed E-state index contributed by atoms with van der Waals surface area (Å²) in [6, 6.07) is 8.32. The summed E-state index contributed by atoms with van der Waals surface area (Å²) in [6.45, 7) is 0. The van der Waals surface area contributed by atoms with Gasteiger partial charge in [-0.25, -0.2) is 0 Å². The highest BCUT2D eigenvalue weighted by Crippen LogP contribution is 2.31. The number of halogens is 1. The Balaban J connectivity index is 1.72. The zero-order valence-corrected chi connectivity index (χ0v) is 10.9. The lowest BCUT2D eigenvalue weighted by Crippen LogP contribution is -2.42. The Hall–Kier alpha value is -1.28. The van der Waals surface area contributed by atoms with E-state index in [9.17, 15) is 4.79 Å². The van der Waals surface area contributed by atoms with Gasteiger partial charge >= 0.3 is 0 Å². The van der Waals surface area contributed by atoms with Gasteiger partial charge < -0.3 is 4.90 Å². The molecule has 1 saturated heterocycles. The molecule has 2 aliphatic rings. The summed E-state index contributed by atoms with van der Waals surface area (Å²) in [5.41, 5.74) is 1.04. The highest BCUT2D eigenvalue weighted by atomic mass is 35.5. The van der Waals surface area contributed by atoms with Crippen LogP contribution >= 0.6 is 11.6 Å². The molecule has 2 atom stereocenters. The van der Waals surface area contributed by atoms with Gasteiger partial charge in [-0.1, -0.05) is 35.9 Å². The molecule has 3 heteroatoms. The standard InChI is InChI=1S/C15H16ClNO/c16-12-6-4-11(5-7-12)10-15(18)17-13-2-1-3-14(17)9-8-13/h1-2,4-7,13-14H,3,8-10H2. The Kier molecular flexibility index (Phi) is 3.13. The number of fused-ring (bicyclic) bond motifs is 2. The van der Waals surface area contributed by atoms with E-state index in [1.54, 1.807) is 0 Å². The van der Waals surface area contributed by atoms with Crippen LogP contribution < -0.4 is 0 Å². The van der Waals surface area contributed by atoms with Gasteiger partial charge in [0, 0.05) is 11.1 Å². The molecule has 2 heterocycles. The fraction of sp³-hybridized carbons (Fsp3) is 0.400. The second-order valence-corrected chi connectivity index (χ2v) is 5.50. The first-order valence-corrected chi connectivity index (χ1v) is 6.84. The van der Waals surface area contributed by atoms with Crippen LogP contribution in [0, 0.1) is 0 Å². The van der Waals surface area contributed by atoms with E-state index < -0.39 is 0 Å². The molecule has 0 aromatic heterocycles. The molecule has 0 spiro atoms. The first kappa shape index (κ1) is 11.8. The van der Waals surface area contributed by atoms with Gasteiger partial charge in [-0.2, -0.15) is 0 Å². The highest BCUT2D eigenvalue weighted by molar-refractivity contribution is 6.30. The maximum atomic E-state index is 12.4. The van der Waals surface area contributed by atoms with Crippen LogP contribution in [0.1, 0.15) is 24.8 Å². The molecule has 0 saturated carbocycles. The van der Waals surface area contributed by atoms with E-state index in [0.29, 0.717) is 23.5 Å². The molecule has 2 nitrogen and oxygen atoms in total. The molecular formula is C15H16ClNO. The molecule has 0 N–H and O–H groups in total. The van der Waals surface area contributed by atoms with Crippen LogP contribution in [-0.2, 0) is 11.2 Å². The van der Waals surface area contributed by atoms with Gasteiger partial charge in [0.2, 0.25) is 5.91 Å². The van der Waals surface area contributed by atoms with Crippen LogP contribution in [0.15, 0.2) is 36.4 Å². The van der Waals surface area contributed by atoms with Crippen molar-refractivity contribution in [2.24, 2.45) is 0 Å². The summed E-state index contributed by atoms with van der Waals surface area (Å²) >= 11 is 5.85. The second kappa shape index (κ2) is 4.77. The molecular weight excluding hydrogens is 246 g/mol. The minimum atomic E-state index is 0.245. The number of carbonyl (C=O) groups is 1. The third kappa shape index (κ3) is 2.17. The van der Waals surface area contributed by atoms with E-state index in [1.165, 1.54) is 0 Å². The maximum absolute atomic E-state index is 12.4. The van der Waals surface area contributed by atoms with Crippen molar-refractivity contribution in [1.29, 1.82) is 0 Å². The van der Waals surface area contributed by atoms with E-state index in [4.69, 9.17) is 11.6 Å². The summed E-state index contributed by atoms with van der Waals surface area (Å²) in [7, 11) is 0. The quantitative estimate of drug-likeness (QED) is 0.749. The van der Waals surface area contributed by atoms with Gasteiger partial charge in [0.25, 0.3) is 0 Å². The predicted molar refractivity (Wildman–Crippen MR) is 72.6 cm³/mol. The molecule has 2 aliphatic heterocycles. The number of carbonyl (C=O) groups excluding carboxylic acids is 1. The molecule has 94 valence electrons. The van der Waals surface area contributed by atoms with Crippen molar-refractivity contribution in [1.82, 2.24) is 4.90 Å². The van der Waals surface area contributed by atoms with Crippen molar-refractivity contribution >= 4 is 17.5 Å². The van der Waals surface area contributed by atoms with Gasteiger partial charge in [-0.05, 0) is 37.0 Å². The van der Waals surface area contributed by atoms with E-state index in [2.05, 4.69) is 17.1 Å². The van der Waals surface area contributed by atoms with Gasteiger partial charge in [0.15, 0.2) is 0 Å². The number of rotatable bonds is 2. The van der Waals surface area contributed by atoms with Crippen LogP contribution in [0.25, 0.3) is 0 Å². The third-order valence-electron chi connectivity index (χ3n) is 3.87. The summed E-state index contributed by atoms with van der Waals surface area (Å²) < 4.78 is 0. The van der Waals surface area contributed by atoms with E-state index in [0.717, 1.165) is 24.8 Å². The molecule has 1 amide bonds. The number of nitrogens with zero attached hydrogens (tertiary/aromatic N) is 1. The van der Waals surface area contributed by atoms with Gasteiger partial charge in [-0.3, -0.25) is 4.79 Å². The van der Waals surface area contributed by atoms with Gasteiger partial charge in [0.05, 0.1) is 12.5 Å². The lowest BCUT2D eigenvalue weighted by Gasteiger charge is -2.31. The number of benzene rings is 1. The molecule has 18 heavy (non-hydrogen) atoms. The zero-order chi connectivity index (χ0) is 12.5. The van der Waals surface area contributed by atoms with E-state index in [1.807, 2.05) is 24.3 Å². The molecule has 2 bridgehead atoms. The largest absolute Gasteiger partial charge is 0.333 e. The molecule has 0 aliphatic carbocycles. The first-order chi connectivity index (χ1) is 8.74. The van der Waals surface area contributed by atoms with Crippen molar-refractivity contribution < 1.29 is 4.79 Å². The Bertz CT molecular complexity index is 480. The van der Waals surface area contributed by atoms with Gasteiger partial charge in [0.1, 0.15) is 0 Å². The minimum absolute atomic E-state index is 0.245. The normalized spacial score (nSPS) is 25.5. The van der Waals surface area contributed by atoms with Gasteiger partial charge in [-0.15, -0.1) is 0 Å². The molecule has 1 aromatic carbocycles. The summed E-state index contributed by atoms with van der Waals surface area (Å²) in [6.07, 6.45) is 8.16. The van der Waals surface area contributed by atoms with Crippen LogP contribution in [-0.4, -0.2) is 22.9 Å². The summed E-state index contributed by atoms with van der Waals surface area (Å²) in [5, 5.41) is 0.715. The first-order valence-electron chi connectivity index (χ1n) is 6.46. The van der Waals surface area contributed by atoms with Crippen molar-refractivity contribution in [3.8, 4) is 0 Å². The van der Waals surface area contributed by atoms with Crippen LogP contribution in [0.2, 0.25) is 5.02 Å². The lowest BCUT2D eigenvalue weighted by molar-refractivity contribution is -0.132. The Morgan fingerprint density at radius 3 is 2.78 bits per heavy atom. The monoisotopic (exact) mass is 261 g/mol. The number of hydrogen-bond acceptors (Lipinski definition) is 1. The Morgan fingerprint density at radius 1 is 1.28 bits per heavy atom. The SMILES string of the molecule is O=C(Cc1ccc(Cl)cc1)N1C2C=CCC1CC2. The van der Waals surface area contributed by atoms with Crippen LogP contribution in [0.3, 0.4) is 0 Å². The smallest absolute Gasteiger partial charge is 0.227 e. The zero-order valence-electron chi connectivity index (χ0n) is 10.2. The van der Waals surface area contributed by atoms with E-state index >= 15 is 0 Å². The lowest BCUT2D eigenvalue weighted by atomic mass is 10.1. The molecule has 1 fully saturated rings. The molecule has 2 unspecified atom stereocenters. The highest BCUT2D eigenvalue weighted by Gasteiger charge is 2.36. The maximum Gasteiger partial charge on any atom is 0.227 e. The van der Waals surface area contributed by atoms with Crippen molar-refractivity contribution in [2.45, 2.75) is 37.8 Å². The fourth-order valence-electron chi connectivity index (χ4n) is 2.98. The van der Waals surface area contributed by atoms with Crippen LogP contribution in [0.4, 0.5) is 0 Å². The summed E-state index contributed by atoms with van der Waals surface area (Å²) in [4.78, 5) is 14.5. The number of hydrogen-bond donors (Lipinski definition) is 0. The molecule has 1 aromatic rings. The third-order valence-corrected chi connectivity index (χ3v) is 4.12. The van der Waals surface area contributed by atoms with Crippen molar-refractivity contribution in [2.75, 3.05) is 0 Å². The predicted octanol–water partition coefficient (Wildman–Crippen LogP) is 3.20. The molecule has 3 rings (SSSR count). The van der Waals surface area contributed by atoms with Crippen molar-refractivity contribution in [3.05, 3.63) is 47.0 Å². The number of amides is 1. The Labute approximate surface area is 112 Å². The minimum Gasteiger partial charge on any atom is -0.333 e. The van der Waals surface area contributed by atoms with E-state index in [-0.39, 0.29) is 5.91 Å². The van der Waals surface area contributed by atoms with Crippen molar-refractivity contribution in [3.63, 3.8) is 0 Å². The topological polar surface area (TPSA) is 20.3 Å². The summed E-state index contributed by atoms with van der Waals surface area (Å²) in [5.74, 6) is 0.245. The average Bonchev–Trinajstić information content (AvgIpc) is 2.62. The Morgan fingerprint density at radius 2 is 2.06 bits per heavy atom. The molecule has 0 radical (unpaired) electrons. The van der Waals surface area contributed by atoms with Crippen LogP contribution in [0.5, 0.6) is 0 Å². The fourth-order valence-corrected chi connectivity index (χ4v) is 3.11. The average molecular weight is 262 g/mol. The second-order valence-electron chi connectivity index (χ2n) is 5.07.